The summed E-state index contributed by atoms with van der Waals surface area (Å²) in [4.78, 5) is 11.3. The smallest absolute Gasteiger partial charge is 0.343 e. The van der Waals surface area contributed by atoms with E-state index in [1.54, 1.807) is 6.92 Å². The standard InChI is InChI=1S/C10H10F3NO2/c1-2-3-16-10(15)7-6(14)4-5(11)8(12)9(7)13/h4H,2-3,14H2,1H3. The molecule has 0 saturated carbocycles. The monoisotopic (exact) mass is 233 g/mol. The van der Waals surface area contributed by atoms with E-state index in [9.17, 15) is 18.0 Å². The summed E-state index contributed by atoms with van der Waals surface area (Å²) in [5.74, 6) is -5.91. The van der Waals surface area contributed by atoms with Crippen LogP contribution >= 0.6 is 0 Å². The summed E-state index contributed by atoms with van der Waals surface area (Å²) in [6.45, 7) is 1.79. The van der Waals surface area contributed by atoms with Crippen molar-refractivity contribution in [2.75, 3.05) is 12.3 Å². The quantitative estimate of drug-likeness (QED) is 0.495. The third-order valence-corrected chi connectivity index (χ3v) is 1.83. The van der Waals surface area contributed by atoms with Gasteiger partial charge in [0, 0.05) is 6.07 Å². The van der Waals surface area contributed by atoms with Crippen molar-refractivity contribution in [1.29, 1.82) is 0 Å². The van der Waals surface area contributed by atoms with Gasteiger partial charge in [-0.1, -0.05) is 6.92 Å². The Kier molecular flexibility index (Phi) is 3.76. The summed E-state index contributed by atoms with van der Waals surface area (Å²) < 4.78 is 43.3. The Morgan fingerprint density at radius 3 is 2.56 bits per heavy atom. The van der Waals surface area contributed by atoms with Crippen LogP contribution in [0.25, 0.3) is 0 Å². The van der Waals surface area contributed by atoms with E-state index in [1.165, 1.54) is 0 Å². The highest BCUT2D eigenvalue weighted by atomic mass is 19.2. The number of halogens is 3. The molecule has 3 nitrogen and oxygen atoms in total. The normalized spacial score (nSPS) is 10.2. The van der Waals surface area contributed by atoms with Crippen LogP contribution in [-0.4, -0.2) is 12.6 Å². The van der Waals surface area contributed by atoms with Gasteiger partial charge in [0.05, 0.1) is 12.3 Å². The second-order valence-corrected chi connectivity index (χ2v) is 3.09. The number of hydrogen-bond donors (Lipinski definition) is 1. The Bertz CT molecular complexity index is 421. The third kappa shape index (κ3) is 2.26. The predicted octanol–water partition coefficient (Wildman–Crippen LogP) is 2.25. The van der Waals surface area contributed by atoms with Gasteiger partial charge in [-0.25, -0.2) is 18.0 Å². The molecule has 1 aromatic carbocycles. The van der Waals surface area contributed by atoms with Crippen molar-refractivity contribution in [2.24, 2.45) is 0 Å². The molecule has 0 aromatic heterocycles. The van der Waals surface area contributed by atoms with E-state index in [0.717, 1.165) is 0 Å². The lowest BCUT2D eigenvalue weighted by Gasteiger charge is -2.08. The molecule has 0 fully saturated rings. The van der Waals surface area contributed by atoms with Crippen molar-refractivity contribution in [1.82, 2.24) is 0 Å². The number of ether oxygens (including phenoxy) is 1. The lowest BCUT2D eigenvalue weighted by molar-refractivity contribution is 0.0499. The molecule has 0 aliphatic heterocycles. The fraction of sp³-hybridized carbons (Fsp3) is 0.300. The molecule has 88 valence electrons. The Hall–Kier alpha value is -1.72. The van der Waals surface area contributed by atoms with Crippen LogP contribution in [0.4, 0.5) is 18.9 Å². The summed E-state index contributed by atoms with van der Waals surface area (Å²) in [5, 5.41) is 0. The number of rotatable bonds is 3. The van der Waals surface area contributed by atoms with E-state index < -0.39 is 34.7 Å². The number of anilines is 1. The predicted molar refractivity (Wildman–Crippen MR) is 51.3 cm³/mol. The summed E-state index contributed by atoms with van der Waals surface area (Å²) in [5.41, 5.74) is 3.96. The maximum absolute atomic E-state index is 13.2. The van der Waals surface area contributed by atoms with Crippen LogP contribution in [0.1, 0.15) is 23.7 Å². The third-order valence-electron chi connectivity index (χ3n) is 1.83. The number of carbonyl (C=O) groups excluding carboxylic acids is 1. The van der Waals surface area contributed by atoms with Crippen LogP contribution in [0.2, 0.25) is 0 Å². The van der Waals surface area contributed by atoms with Crippen LogP contribution < -0.4 is 5.73 Å². The Labute approximate surface area is 90.0 Å². The molecule has 0 aliphatic carbocycles. The minimum atomic E-state index is -1.74. The second kappa shape index (κ2) is 4.87. The Balaban J connectivity index is 3.13. The van der Waals surface area contributed by atoms with Crippen LogP contribution in [0, 0.1) is 17.5 Å². The zero-order chi connectivity index (χ0) is 12.3. The molecule has 0 radical (unpaired) electrons. The Morgan fingerprint density at radius 2 is 2.00 bits per heavy atom. The molecule has 1 rings (SSSR count). The molecule has 0 atom stereocenters. The fourth-order valence-corrected chi connectivity index (χ4v) is 1.09. The lowest BCUT2D eigenvalue weighted by Crippen LogP contribution is -2.13. The molecule has 0 spiro atoms. The molecule has 0 amide bonds. The molecule has 0 bridgehead atoms. The first-order valence-electron chi connectivity index (χ1n) is 4.59. The number of carbonyl (C=O) groups is 1. The summed E-state index contributed by atoms with van der Waals surface area (Å²) in [7, 11) is 0. The van der Waals surface area contributed by atoms with Crippen molar-refractivity contribution in [3.8, 4) is 0 Å². The summed E-state index contributed by atoms with van der Waals surface area (Å²) in [6, 6.07) is 0.543. The zero-order valence-corrected chi connectivity index (χ0v) is 8.52. The van der Waals surface area contributed by atoms with Crippen LogP contribution in [-0.2, 0) is 4.74 Å². The molecule has 6 heteroatoms. The van der Waals surface area contributed by atoms with E-state index in [0.29, 0.717) is 12.5 Å². The highest BCUT2D eigenvalue weighted by Gasteiger charge is 2.23. The maximum Gasteiger partial charge on any atom is 0.343 e. The van der Waals surface area contributed by atoms with Gasteiger partial charge in [0.1, 0.15) is 5.56 Å². The molecule has 0 unspecified atom stereocenters. The summed E-state index contributed by atoms with van der Waals surface area (Å²) in [6.07, 6.45) is 0.525. The first-order valence-corrected chi connectivity index (χ1v) is 4.59. The van der Waals surface area contributed by atoms with Crippen molar-refractivity contribution < 1.29 is 22.7 Å². The number of nitrogens with two attached hydrogens (primary N) is 1. The van der Waals surface area contributed by atoms with Gasteiger partial charge in [-0.15, -0.1) is 0 Å². The number of esters is 1. The van der Waals surface area contributed by atoms with Crippen LogP contribution in [0.5, 0.6) is 0 Å². The highest BCUT2D eigenvalue weighted by molar-refractivity contribution is 5.95. The molecule has 1 aromatic rings. The average molecular weight is 233 g/mol. The van der Waals surface area contributed by atoms with Gasteiger partial charge in [-0.05, 0) is 6.42 Å². The number of benzene rings is 1. The van der Waals surface area contributed by atoms with Gasteiger partial charge in [-0.3, -0.25) is 0 Å². The SMILES string of the molecule is CCCOC(=O)c1c(N)cc(F)c(F)c1F. The average Bonchev–Trinajstić information content (AvgIpc) is 2.23. The maximum atomic E-state index is 13.2. The van der Waals surface area contributed by atoms with Crippen molar-refractivity contribution in [2.45, 2.75) is 13.3 Å². The molecule has 0 aliphatic rings. The second-order valence-electron chi connectivity index (χ2n) is 3.09. The fourth-order valence-electron chi connectivity index (χ4n) is 1.09. The van der Waals surface area contributed by atoms with Crippen molar-refractivity contribution >= 4 is 11.7 Å². The van der Waals surface area contributed by atoms with Crippen molar-refractivity contribution in [3.05, 3.63) is 29.1 Å². The topological polar surface area (TPSA) is 52.3 Å². The van der Waals surface area contributed by atoms with Crippen LogP contribution in [0.15, 0.2) is 6.07 Å². The van der Waals surface area contributed by atoms with E-state index in [-0.39, 0.29) is 6.61 Å². The molecule has 16 heavy (non-hydrogen) atoms. The molecule has 2 N–H and O–H groups in total. The molecule has 0 heterocycles. The summed E-state index contributed by atoms with van der Waals surface area (Å²) >= 11 is 0. The molecular weight excluding hydrogens is 223 g/mol. The van der Waals surface area contributed by atoms with Crippen molar-refractivity contribution in [3.63, 3.8) is 0 Å². The van der Waals surface area contributed by atoms with Gasteiger partial charge < -0.3 is 10.5 Å². The van der Waals surface area contributed by atoms with E-state index >= 15 is 0 Å². The zero-order valence-electron chi connectivity index (χ0n) is 8.52. The highest BCUT2D eigenvalue weighted by Crippen LogP contribution is 2.22. The van der Waals surface area contributed by atoms with Gasteiger partial charge in [-0.2, -0.15) is 0 Å². The van der Waals surface area contributed by atoms with E-state index in [2.05, 4.69) is 4.74 Å². The number of hydrogen-bond acceptors (Lipinski definition) is 3. The molecular formula is C10H10F3NO2. The van der Waals surface area contributed by atoms with Gasteiger partial charge in [0.15, 0.2) is 17.5 Å². The van der Waals surface area contributed by atoms with E-state index in [4.69, 9.17) is 5.73 Å². The first-order chi connectivity index (χ1) is 7.49. The first kappa shape index (κ1) is 12.4. The van der Waals surface area contributed by atoms with Gasteiger partial charge >= 0.3 is 5.97 Å². The van der Waals surface area contributed by atoms with Gasteiger partial charge in [0.25, 0.3) is 0 Å². The minimum Gasteiger partial charge on any atom is -0.462 e. The van der Waals surface area contributed by atoms with E-state index in [1.807, 2.05) is 0 Å². The van der Waals surface area contributed by atoms with Crippen LogP contribution in [0.3, 0.4) is 0 Å². The number of nitrogen functional groups attached to an aromatic ring is 1. The van der Waals surface area contributed by atoms with Gasteiger partial charge in [0.2, 0.25) is 0 Å². The largest absolute Gasteiger partial charge is 0.462 e. The Morgan fingerprint density at radius 1 is 1.38 bits per heavy atom. The minimum absolute atomic E-state index is 0.0523. The molecule has 0 saturated heterocycles. The lowest BCUT2D eigenvalue weighted by atomic mass is 10.1.